The first-order valence-corrected chi connectivity index (χ1v) is 11.7. The second-order valence-corrected chi connectivity index (χ2v) is 8.59. The smallest absolute Gasteiger partial charge is 0.251 e. The Hall–Kier alpha value is -3.62. The van der Waals surface area contributed by atoms with Crippen LogP contribution in [0.2, 0.25) is 5.02 Å². The number of aromatic nitrogens is 3. The summed E-state index contributed by atoms with van der Waals surface area (Å²) in [5.41, 5.74) is 1.84. The molecule has 1 heterocycles. The van der Waals surface area contributed by atoms with Gasteiger partial charge in [-0.2, -0.15) is 0 Å². The molecular formula is C25H21ClN4O3S. The van der Waals surface area contributed by atoms with E-state index in [1.807, 2.05) is 30.3 Å². The topological polar surface area (TPSA) is 86.1 Å². The number of ketones is 1. The van der Waals surface area contributed by atoms with Gasteiger partial charge in [0.15, 0.2) is 16.8 Å². The van der Waals surface area contributed by atoms with Crippen LogP contribution in [-0.2, 0) is 6.54 Å². The number of thioether (sulfide) groups is 1. The van der Waals surface area contributed by atoms with Crippen molar-refractivity contribution in [1.82, 2.24) is 20.1 Å². The molecule has 3 aromatic carbocycles. The van der Waals surface area contributed by atoms with E-state index in [1.165, 1.54) is 11.8 Å². The number of rotatable bonds is 9. The zero-order chi connectivity index (χ0) is 23.9. The number of methoxy groups -OCH3 is 1. The van der Waals surface area contributed by atoms with E-state index < -0.39 is 0 Å². The molecule has 1 amide bonds. The van der Waals surface area contributed by atoms with Gasteiger partial charge in [0.1, 0.15) is 5.75 Å². The molecule has 0 aliphatic carbocycles. The highest BCUT2D eigenvalue weighted by Crippen LogP contribution is 2.25. The van der Waals surface area contributed by atoms with E-state index in [0.717, 1.165) is 5.69 Å². The fraction of sp³-hybridized carbons (Fsp3) is 0.120. The molecule has 0 spiro atoms. The molecule has 0 aliphatic heterocycles. The lowest BCUT2D eigenvalue weighted by Gasteiger charge is -2.11. The van der Waals surface area contributed by atoms with Crippen LogP contribution in [0.1, 0.15) is 26.5 Å². The van der Waals surface area contributed by atoms with E-state index in [4.69, 9.17) is 16.3 Å². The third kappa shape index (κ3) is 5.65. The Morgan fingerprint density at radius 2 is 1.74 bits per heavy atom. The van der Waals surface area contributed by atoms with Crippen molar-refractivity contribution in [3.05, 3.63) is 101 Å². The van der Waals surface area contributed by atoms with Gasteiger partial charge in [-0.05, 0) is 36.4 Å². The number of halogens is 1. The van der Waals surface area contributed by atoms with Crippen LogP contribution < -0.4 is 10.1 Å². The zero-order valence-corrected chi connectivity index (χ0v) is 19.8. The molecule has 0 unspecified atom stereocenters. The van der Waals surface area contributed by atoms with Gasteiger partial charge in [-0.15, -0.1) is 10.2 Å². The second kappa shape index (κ2) is 11.0. The molecule has 1 aromatic heterocycles. The monoisotopic (exact) mass is 492 g/mol. The number of amides is 1. The molecule has 0 saturated carbocycles. The number of benzene rings is 3. The van der Waals surface area contributed by atoms with Crippen LogP contribution in [0.25, 0.3) is 5.69 Å². The fourth-order valence-corrected chi connectivity index (χ4v) is 4.30. The Balaban J connectivity index is 1.55. The summed E-state index contributed by atoms with van der Waals surface area (Å²) in [7, 11) is 1.55. The number of nitrogens with zero attached hydrogens (tertiary/aromatic N) is 3. The molecule has 0 aliphatic rings. The van der Waals surface area contributed by atoms with Crippen molar-refractivity contribution in [2.24, 2.45) is 0 Å². The molecule has 9 heteroatoms. The number of hydrogen-bond acceptors (Lipinski definition) is 6. The van der Waals surface area contributed by atoms with Gasteiger partial charge in [-0.25, -0.2) is 0 Å². The number of carbonyl (C=O) groups excluding carboxylic acids is 2. The average molecular weight is 493 g/mol. The Labute approximate surface area is 206 Å². The van der Waals surface area contributed by atoms with Gasteiger partial charge in [0.05, 0.1) is 25.1 Å². The highest BCUT2D eigenvalue weighted by atomic mass is 35.5. The molecule has 1 N–H and O–H groups in total. The molecule has 0 bridgehead atoms. The number of ether oxygens (including phenoxy) is 1. The van der Waals surface area contributed by atoms with E-state index in [9.17, 15) is 9.59 Å². The lowest BCUT2D eigenvalue weighted by Crippen LogP contribution is -2.24. The Kier molecular flexibility index (Phi) is 7.61. The molecular weight excluding hydrogens is 472 g/mol. The first-order valence-electron chi connectivity index (χ1n) is 10.4. The van der Waals surface area contributed by atoms with Crippen molar-refractivity contribution in [2.75, 3.05) is 12.9 Å². The Morgan fingerprint density at radius 1 is 0.971 bits per heavy atom. The number of hydrogen-bond donors (Lipinski definition) is 1. The summed E-state index contributed by atoms with van der Waals surface area (Å²) < 4.78 is 6.98. The number of carbonyl (C=O) groups is 2. The molecule has 0 atom stereocenters. The van der Waals surface area contributed by atoms with Gasteiger partial charge in [0, 0.05) is 16.1 Å². The van der Waals surface area contributed by atoms with Gasteiger partial charge in [0.25, 0.3) is 5.91 Å². The summed E-state index contributed by atoms with van der Waals surface area (Å²) in [6, 6.07) is 23.2. The second-order valence-electron chi connectivity index (χ2n) is 7.21. The molecule has 4 rings (SSSR count). The minimum absolute atomic E-state index is 0.0147. The van der Waals surface area contributed by atoms with E-state index in [-0.39, 0.29) is 24.0 Å². The third-order valence-electron chi connectivity index (χ3n) is 4.93. The first-order chi connectivity index (χ1) is 16.5. The summed E-state index contributed by atoms with van der Waals surface area (Å²) in [5, 5.41) is 12.5. The molecule has 0 fully saturated rings. The predicted octanol–water partition coefficient (Wildman–Crippen LogP) is 4.83. The normalized spacial score (nSPS) is 10.6. The lowest BCUT2D eigenvalue weighted by atomic mass is 10.2. The average Bonchev–Trinajstić information content (AvgIpc) is 3.29. The van der Waals surface area contributed by atoms with E-state index in [1.54, 1.807) is 60.2 Å². The molecule has 0 saturated heterocycles. The third-order valence-corrected chi connectivity index (χ3v) is 6.10. The maximum Gasteiger partial charge on any atom is 0.251 e. The van der Waals surface area contributed by atoms with Crippen molar-refractivity contribution >= 4 is 35.1 Å². The van der Waals surface area contributed by atoms with Crippen molar-refractivity contribution < 1.29 is 14.3 Å². The minimum atomic E-state index is -0.270. The van der Waals surface area contributed by atoms with Crippen LogP contribution in [0, 0.1) is 0 Å². The summed E-state index contributed by atoms with van der Waals surface area (Å²) >= 11 is 7.49. The van der Waals surface area contributed by atoms with Crippen molar-refractivity contribution in [3.8, 4) is 11.4 Å². The zero-order valence-electron chi connectivity index (χ0n) is 18.3. The Morgan fingerprint density at radius 3 is 2.50 bits per heavy atom. The molecule has 172 valence electrons. The van der Waals surface area contributed by atoms with E-state index in [2.05, 4.69) is 15.5 Å². The summed E-state index contributed by atoms with van der Waals surface area (Å²) in [5.74, 6) is 1.01. The van der Waals surface area contributed by atoms with Gasteiger partial charge < -0.3 is 10.1 Å². The number of Topliss-reactive ketones (excluding diaryl/α,β-unsaturated/α-hetero) is 1. The quantitative estimate of drug-likeness (QED) is 0.266. The van der Waals surface area contributed by atoms with Crippen LogP contribution >= 0.6 is 23.4 Å². The predicted molar refractivity (Wildman–Crippen MR) is 132 cm³/mol. The van der Waals surface area contributed by atoms with Gasteiger partial charge >= 0.3 is 0 Å². The highest BCUT2D eigenvalue weighted by molar-refractivity contribution is 7.99. The van der Waals surface area contributed by atoms with Gasteiger partial charge in [0.2, 0.25) is 0 Å². The van der Waals surface area contributed by atoms with Crippen LogP contribution in [0.4, 0.5) is 0 Å². The summed E-state index contributed by atoms with van der Waals surface area (Å²) in [4.78, 5) is 25.3. The molecule has 34 heavy (non-hydrogen) atoms. The van der Waals surface area contributed by atoms with E-state index >= 15 is 0 Å². The van der Waals surface area contributed by atoms with Gasteiger partial charge in [-0.3, -0.25) is 14.2 Å². The lowest BCUT2D eigenvalue weighted by molar-refractivity contribution is 0.0948. The standard InChI is InChI=1S/C25H21ClN4O3S/c1-33-21-12-5-9-18(13-21)24(32)27-15-23-28-29-25(30(23)20-11-6-10-19(26)14-20)34-16-22(31)17-7-3-2-4-8-17/h2-14H,15-16H2,1H3,(H,27,32). The molecule has 7 nitrogen and oxygen atoms in total. The van der Waals surface area contributed by atoms with Crippen molar-refractivity contribution in [1.29, 1.82) is 0 Å². The summed E-state index contributed by atoms with van der Waals surface area (Å²) in [6.45, 7) is 0.128. The number of nitrogens with one attached hydrogen (secondary N) is 1. The largest absolute Gasteiger partial charge is 0.497 e. The van der Waals surface area contributed by atoms with Crippen molar-refractivity contribution in [3.63, 3.8) is 0 Å². The maximum absolute atomic E-state index is 12.7. The molecule has 0 radical (unpaired) electrons. The first kappa shape index (κ1) is 23.5. The maximum atomic E-state index is 12.7. The van der Waals surface area contributed by atoms with Crippen LogP contribution in [0.15, 0.2) is 84.0 Å². The molecule has 4 aromatic rings. The van der Waals surface area contributed by atoms with E-state index in [0.29, 0.717) is 32.9 Å². The fourth-order valence-electron chi connectivity index (χ4n) is 3.25. The Bertz CT molecular complexity index is 1310. The SMILES string of the molecule is COc1cccc(C(=O)NCc2nnc(SCC(=O)c3ccccc3)n2-c2cccc(Cl)c2)c1. The van der Waals surface area contributed by atoms with Crippen molar-refractivity contribution in [2.45, 2.75) is 11.7 Å². The van der Waals surface area contributed by atoms with Crippen LogP contribution in [0.5, 0.6) is 5.75 Å². The van der Waals surface area contributed by atoms with Crippen LogP contribution in [-0.4, -0.2) is 39.3 Å². The van der Waals surface area contributed by atoms with Gasteiger partial charge in [-0.1, -0.05) is 65.8 Å². The van der Waals surface area contributed by atoms with Crippen LogP contribution in [0.3, 0.4) is 0 Å². The summed E-state index contributed by atoms with van der Waals surface area (Å²) in [6.07, 6.45) is 0. The minimum Gasteiger partial charge on any atom is -0.497 e. The highest BCUT2D eigenvalue weighted by Gasteiger charge is 2.18.